The second kappa shape index (κ2) is 9.32. The van der Waals surface area contributed by atoms with E-state index in [9.17, 15) is 4.79 Å². The number of hydrogen-bond donors (Lipinski definition) is 0. The zero-order valence-corrected chi connectivity index (χ0v) is 10.8. The molecule has 0 aromatic rings. The van der Waals surface area contributed by atoms with Crippen LogP contribution in [0.4, 0.5) is 0 Å². The summed E-state index contributed by atoms with van der Waals surface area (Å²) in [6.07, 6.45) is 0.917. The molecular weight excluding hydrogens is 232 g/mol. The molecule has 0 aliphatic heterocycles. The Morgan fingerprint density at radius 1 is 1.00 bits per heavy atom. The lowest BCUT2D eigenvalue weighted by atomic mass is 9.88. The quantitative estimate of drug-likeness (QED) is 0.353. The standard InChI is InChI=1S/C10H20O7/c1-7(2)6-8(3)9(4)10(11)13-15-17-16-14-12-5/h7-9H,6H2,1-5H3. The molecule has 0 N–H and O–H groups in total. The van der Waals surface area contributed by atoms with Gasteiger partial charge in [0.1, 0.15) is 0 Å². The topological polar surface area (TPSA) is 72.5 Å². The molecule has 0 amide bonds. The van der Waals surface area contributed by atoms with Crippen LogP contribution in [0.1, 0.15) is 34.1 Å². The molecule has 7 heteroatoms. The molecule has 0 heterocycles. The van der Waals surface area contributed by atoms with Gasteiger partial charge in [-0.25, -0.2) is 9.68 Å². The van der Waals surface area contributed by atoms with Gasteiger partial charge in [0, 0.05) is 10.1 Å². The lowest BCUT2D eigenvalue weighted by Crippen LogP contribution is -2.22. The van der Waals surface area contributed by atoms with Gasteiger partial charge in [-0.2, -0.15) is 0 Å². The molecule has 0 aliphatic rings. The number of carbonyl (C=O) groups is 1. The maximum absolute atomic E-state index is 11.4. The Hall–Kier alpha value is -0.730. The first-order chi connectivity index (χ1) is 7.99. The molecule has 2 unspecified atom stereocenters. The molecule has 0 saturated heterocycles. The third-order valence-corrected chi connectivity index (χ3v) is 2.34. The Morgan fingerprint density at radius 2 is 1.59 bits per heavy atom. The molecule has 0 aliphatic carbocycles. The zero-order chi connectivity index (χ0) is 13.3. The molecule has 0 saturated carbocycles. The monoisotopic (exact) mass is 252 g/mol. The fourth-order valence-corrected chi connectivity index (χ4v) is 1.35. The first-order valence-corrected chi connectivity index (χ1v) is 5.40. The zero-order valence-electron chi connectivity index (χ0n) is 10.8. The van der Waals surface area contributed by atoms with Crippen LogP contribution >= 0.6 is 0 Å². The summed E-state index contributed by atoms with van der Waals surface area (Å²) in [5.41, 5.74) is 0. The van der Waals surface area contributed by atoms with E-state index in [1.807, 2.05) is 6.92 Å². The molecule has 0 radical (unpaired) electrons. The van der Waals surface area contributed by atoms with Crippen LogP contribution in [-0.2, 0) is 34.7 Å². The van der Waals surface area contributed by atoms with E-state index in [2.05, 4.69) is 43.8 Å². The minimum Gasteiger partial charge on any atom is -0.266 e. The minimum absolute atomic E-state index is 0.183. The molecule has 102 valence electrons. The summed E-state index contributed by atoms with van der Waals surface area (Å²) in [6.45, 7) is 7.90. The predicted octanol–water partition coefficient (Wildman–Crippen LogP) is 2.14. The van der Waals surface area contributed by atoms with Gasteiger partial charge in [-0.1, -0.05) is 27.7 Å². The average molecular weight is 252 g/mol. The largest absolute Gasteiger partial charge is 0.348 e. The van der Waals surface area contributed by atoms with Crippen molar-refractivity contribution >= 4 is 5.97 Å². The van der Waals surface area contributed by atoms with Crippen LogP contribution in [0.15, 0.2) is 0 Å². The van der Waals surface area contributed by atoms with Crippen LogP contribution in [0.3, 0.4) is 0 Å². The van der Waals surface area contributed by atoms with Crippen molar-refractivity contribution < 1.29 is 34.7 Å². The minimum atomic E-state index is -0.542. The molecule has 0 spiro atoms. The van der Waals surface area contributed by atoms with Crippen LogP contribution in [0, 0.1) is 17.8 Å². The number of carbonyl (C=O) groups excluding carboxylic acids is 1. The van der Waals surface area contributed by atoms with E-state index >= 15 is 0 Å². The number of rotatable bonds is 9. The molecule has 0 fully saturated rings. The van der Waals surface area contributed by atoms with Gasteiger partial charge in [0.15, 0.2) is 0 Å². The normalized spacial score (nSPS) is 14.7. The van der Waals surface area contributed by atoms with Gasteiger partial charge in [-0.15, -0.1) is 0 Å². The van der Waals surface area contributed by atoms with Gasteiger partial charge in [-0.05, 0) is 28.3 Å². The van der Waals surface area contributed by atoms with Gasteiger partial charge in [-0.3, -0.25) is 4.89 Å². The van der Waals surface area contributed by atoms with Crippen LogP contribution in [0.2, 0.25) is 0 Å². The summed E-state index contributed by atoms with van der Waals surface area (Å²) in [5.74, 6) is -0.151. The molecule has 7 nitrogen and oxygen atoms in total. The molecule has 0 rings (SSSR count). The highest BCUT2D eigenvalue weighted by Crippen LogP contribution is 2.20. The van der Waals surface area contributed by atoms with E-state index in [1.165, 1.54) is 7.11 Å². The predicted molar refractivity (Wildman–Crippen MR) is 55.2 cm³/mol. The summed E-state index contributed by atoms with van der Waals surface area (Å²) >= 11 is 0. The van der Waals surface area contributed by atoms with E-state index in [-0.39, 0.29) is 11.8 Å². The van der Waals surface area contributed by atoms with Crippen molar-refractivity contribution in [1.29, 1.82) is 0 Å². The van der Waals surface area contributed by atoms with Crippen molar-refractivity contribution in [1.82, 2.24) is 0 Å². The van der Waals surface area contributed by atoms with Crippen LogP contribution in [-0.4, -0.2) is 13.1 Å². The molecule has 0 aromatic heterocycles. The fraction of sp³-hybridized carbons (Fsp3) is 0.900. The van der Waals surface area contributed by atoms with Gasteiger partial charge >= 0.3 is 5.97 Å². The second-order valence-electron chi connectivity index (χ2n) is 4.24. The van der Waals surface area contributed by atoms with E-state index in [1.54, 1.807) is 6.92 Å². The van der Waals surface area contributed by atoms with Crippen LogP contribution < -0.4 is 0 Å². The lowest BCUT2D eigenvalue weighted by Gasteiger charge is -2.18. The van der Waals surface area contributed by atoms with Gasteiger partial charge in [0.05, 0.1) is 13.0 Å². The van der Waals surface area contributed by atoms with Crippen LogP contribution in [0.5, 0.6) is 0 Å². The van der Waals surface area contributed by atoms with Crippen molar-refractivity contribution in [2.45, 2.75) is 34.1 Å². The van der Waals surface area contributed by atoms with Crippen molar-refractivity contribution in [2.24, 2.45) is 17.8 Å². The van der Waals surface area contributed by atoms with Crippen molar-refractivity contribution in [3.8, 4) is 0 Å². The summed E-state index contributed by atoms with van der Waals surface area (Å²) in [7, 11) is 1.20. The summed E-state index contributed by atoms with van der Waals surface area (Å²) < 4.78 is 0. The Bertz CT molecular complexity index is 207. The highest BCUT2D eigenvalue weighted by Gasteiger charge is 2.23. The summed E-state index contributed by atoms with van der Waals surface area (Å²) in [5, 5.41) is 15.5. The van der Waals surface area contributed by atoms with Gasteiger partial charge in [0.25, 0.3) is 0 Å². The first-order valence-electron chi connectivity index (χ1n) is 5.40. The van der Waals surface area contributed by atoms with E-state index in [0.717, 1.165) is 6.42 Å². The molecule has 0 aromatic carbocycles. The van der Waals surface area contributed by atoms with E-state index in [4.69, 9.17) is 0 Å². The Balaban J connectivity index is 3.73. The van der Waals surface area contributed by atoms with E-state index in [0.29, 0.717) is 5.92 Å². The summed E-state index contributed by atoms with van der Waals surface area (Å²) in [6, 6.07) is 0. The first kappa shape index (κ1) is 16.3. The molecule has 17 heavy (non-hydrogen) atoms. The Labute approximate surface area is 101 Å². The van der Waals surface area contributed by atoms with Crippen molar-refractivity contribution in [2.75, 3.05) is 7.11 Å². The third kappa shape index (κ3) is 8.06. The van der Waals surface area contributed by atoms with Crippen molar-refractivity contribution in [3.63, 3.8) is 0 Å². The average Bonchev–Trinajstić information content (AvgIpc) is 2.26. The Kier molecular flexibility index (Phi) is 8.92. The van der Waals surface area contributed by atoms with Crippen LogP contribution in [0.25, 0.3) is 0 Å². The fourth-order valence-electron chi connectivity index (χ4n) is 1.35. The highest BCUT2D eigenvalue weighted by molar-refractivity contribution is 5.71. The maximum atomic E-state index is 11.4. The van der Waals surface area contributed by atoms with Gasteiger partial charge in [0.2, 0.25) is 0 Å². The Morgan fingerprint density at radius 3 is 2.12 bits per heavy atom. The molecule has 0 bridgehead atoms. The molecular formula is C10H20O7. The summed E-state index contributed by atoms with van der Waals surface area (Å²) in [4.78, 5) is 19.8. The van der Waals surface area contributed by atoms with Crippen molar-refractivity contribution in [3.05, 3.63) is 0 Å². The smallest absolute Gasteiger partial charge is 0.266 e. The molecule has 2 atom stereocenters. The maximum Gasteiger partial charge on any atom is 0.348 e. The third-order valence-electron chi connectivity index (χ3n) is 2.34. The SMILES string of the molecule is COOOOOOC(=O)C(C)C(C)CC(C)C. The number of hydrogen-bond acceptors (Lipinski definition) is 7. The lowest BCUT2D eigenvalue weighted by molar-refractivity contribution is -0.747. The van der Waals surface area contributed by atoms with Gasteiger partial charge < -0.3 is 0 Å². The second-order valence-corrected chi connectivity index (χ2v) is 4.24. The van der Waals surface area contributed by atoms with E-state index < -0.39 is 5.97 Å². The highest BCUT2D eigenvalue weighted by atomic mass is 17.8.